The highest BCUT2D eigenvalue weighted by Crippen LogP contribution is 2.31. The van der Waals surface area contributed by atoms with E-state index in [9.17, 15) is 18.0 Å². The minimum atomic E-state index is -4.45. The maximum Gasteiger partial charge on any atom is 0.416 e. The number of thioether (sulfide) groups is 1. The average Bonchev–Trinajstić information content (AvgIpc) is 3.00. The highest BCUT2D eigenvalue weighted by molar-refractivity contribution is 7.99. The maximum absolute atomic E-state index is 12.8. The molecule has 1 heterocycles. The molecule has 1 aromatic carbocycles. The number of carbonyl (C=O) groups is 1. The first kappa shape index (κ1) is 20.8. The lowest BCUT2D eigenvalue weighted by molar-refractivity contribution is -0.140. The van der Waals surface area contributed by atoms with E-state index in [1.165, 1.54) is 12.1 Å². The molecule has 0 aliphatic heterocycles. The van der Waals surface area contributed by atoms with Crippen molar-refractivity contribution in [2.75, 3.05) is 12.4 Å². The Bertz CT molecular complexity index is 793. The van der Waals surface area contributed by atoms with Crippen molar-refractivity contribution in [3.05, 3.63) is 48.3 Å². The van der Waals surface area contributed by atoms with Crippen LogP contribution in [0.15, 0.2) is 42.1 Å². The van der Waals surface area contributed by atoms with Gasteiger partial charge >= 0.3 is 12.1 Å². The zero-order valence-electron chi connectivity index (χ0n) is 14.5. The number of esters is 1. The number of carbonyl (C=O) groups excluding carboxylic acids is 1. The van der Waals surface area contributed by atoms with Gasteiger partial charge in [0.25, 0.3) is 0 Å². The van der Waals surface area contributed by atoms with Gasteiger partial charge in [-0.2, -0.15) is 13.2 Å². The summed E-state index contributed by atoms with van der Waals surface area (Å²) in [6.45, 7) is 5.94. The number of allylic oxidation sites excluding steroid dienone is 1. The third-order valence-corrected chi connectivity index (χ3v) is 4.20. The molecule has 1 aromatic heterocycles. The number of nitrogens with zero attached hydrogens (tertiary/aromatic N) is 3. The monoisotopic (exact) mass is 401 g/mol. The third kappa shape index (κ3) is 6.02. The molecular formula is C17H18F3N3O3S. The van der Waals surface area contributed by atoms with Gasteiger partial charge in [-0.15, -0.1) is 16.8 Å². The topological polar surface area (TPSA) is 66.2 Å². The number of hydrogen-bond donors (Lipinski definition) is 0. The maximum atomic E-state index is 12.8. The molecule has 0 aliphatic carbocycles. The molecule has 0 saturated heterocycles. The van der Waals surface area contributed by atoms with E-state index in [4.69, 9.17) is 9.47 Å². The fraction of sp³-hybridized carbons (Fsp3) is 0.353. The third-order valence-electron chi connectivity index (χ3n) is 3.26. The number of benzene rings is 1. The van der Waals surface area contributed by atoms with Crippen molar-refractivity contribution in [1.29, 1.82) is 0 Å². The first-order chi connectivity index (χ1) is 12.8. The van der Waals surface area contributed by atoms with E-state index in [1.54, 1.807) is 17.6 Å². The van der Waals surface area contributed by atoms with E-state index in [0.717, 1.165) is 23.9 Å². The summed E-state index contributed by atoms with van der Waals surface area (Å²) in [4.78, 5) is 11.5. The van der Waals surface area contributed by atoms with Crippen molar-refractivity contribution >= 4 is 17.7 Å². The number of aromatic nitrogens is 3. The van der Waals surface area contributed by atoms with E-state index in [2.05, 4.69) is 16.8 Å². The van der Waals surface area contributed by atoms with Gasteiger partial charge in [-0.05, 0) is 25.1 Å². The van der Waals surface area contributed by atoms with Crippen LogP contribution in [0, 0.1) is 0 Å². The van der Waals surface area contributed by atoms with Gasteiger partial charge in [0.05, 0.1) is 17.9 Å². The number of ether oxygens (including phenoxy) is 2. The van der Waals surface area contributed by atoms with Gasteiger partial charge in [-0.25, -0.2) is 0 Å². The van der Waals surface area contributed by atoms with Crippen molar-refractivity contribution in [2.24, 2.45) is 0 Å². The predicted molar refractivity (Wildman–Crippen MR) is 93.4 cm³/mol. The zero-order chi connectivity index (χ0) is 19.9. The Hall–Kier alpha value is -2.49. The van der Waals surface area contributed by atoms with Gasteiger partial charge < -0.3 is 9.47 Å². The lowest BCUT2D eigenvalue weighted by Crippen LogP contribution is -2.10. The van der Waals surface area contributed by atoms with Gasteiger partial charge in [0.2, 0.25) is 0 Å². The second-order valence-electron chi connectivity index (χ2n) is 5.21. The highest BCUT2D eigenvalue weighted by Gasteiger charge is 2.30. The Kier molecular flexibility index (Phi) is 7.28. The van der Waals surface area contributed by atoms with Crippen molar-refractivity contribution in [1.82, 2.24) is 14.8 Å². The molecule has 0 atom stereocenters. The molecule has 2 rings (SSSR count). The van der Waals surface area contributed by atoms with Crippen molar-refractivity contribution in [2.45, 2.75) is 31.4 Å². The Morgan fingerprint density at radius 2 is 2.15 bits per heavy atom. The fourth-order valence-electron chi connectivity index (χ4n) is 2.08. The summed E-state index contributed by atoms with van der Waals surface area (Å²) >= 11 is 1.15. The van der Waals surface area contributed by atoms with Crippen LogP contribution >= 0.6 is 11.8 Å². The van der Waals surface area contributed by atoms with Crippen LogP contribution in [0.1, 0.15) is 18.3 Å². The van der Waals surface area contributed by atoms with Crippen molar-refractivity contribution < 1.29 is 27.4 Å². The second kappa shape index (κ2) is 9.45. The van der Waals surface area contributed by atoms with E-state index >= 15 is 0 Å². The molecule has 0 spiro atoms. The molecule has 0 radical (unpaired) electrons. The van der Waals surface area contributed by atoms with Gasteiger partial charge in [-0.3, -0.25) is 9.36 Å². The van der Waals surface area contributed by atoms with Gasteiger partial charge in [0.1, 0.15) is 12.4 Å². The Morgan fingerprint density at radius 3 is 2.81 bits per heavy atom. The summed E-state index contributed by atoms with van der Waals surface area (Å²) in [5, 5.41) is 8.45. The second-order valence-corrected chi connectivity index (χ2v) is 6.15. The minimum absolute atomic E-state index is 0.0671. The average molecular weight is 401 g/mol. The first-order valence-corrected chi connectivity index (χ1v) is 8.95. The molecule has 6 nitrogen and oxygen atoms in total. The smallest absolute Gasteiger partial charge is 0.416 e. The Morgan fingerprint density at radius 1 is 1.37 bits per heavy atom. The van der Waals surface area contributed by atoms with Crippen molar-refractivity contribution in [3.63, 3.8) is 0 Å². The summed E-state index contributed by atoms with van der Waals surface area (Å²) in [5.74, 6) is 0.159. The summed E-state index contributed by atoms with van der Waals surface area (Å²) < 4.78 is 50.3. The molecule has 0 fully saturated rings. The van der Waals surface area contributed by atoms with E-state index in [1.807, 2.05) is 0 Å². The zero-order valence-corrected chi connectivity index (χ0v) is 15.3. The van der Waals surface area contributed by atoms with Crippen molar-refractivity contribution in [3.8, 4) is 5.75 Å². The Labute approximate surface area is 158 Å². The van der Waals surface area contributed by atoms with Crippen LogP contribution in [0.25, 0.3) is 0 Å². The summed E-state index contributed by atoms with van der Waals surface area (Å²) in [6.07, 6.45) is -2.83. The molecule has 0 N–H and O–H groups in total. The van der Waals surface area contributed by atoms with Gasteiger partial charge in [0.15, 0.2) is 11.0 Å². The molecule has 27 heavy (non-hydrogen) atoms. The van der Waals surface area contributed by atoms with E-state index in [-0.39, 0.29) is 30.7 Å². The molecule has 0 amide bonds. The number of alkyl halides is 3. The molecule has 0 unspecified atom stereocenters. The first-order valence-electron chi connectivity index (χ1n) is 7.96. The van der Waals surface area contributed by atoms with E-state index in [0.29, 0.717) is 17.5 Å². The minimum Gasteiger partial charge on any atom is -0.486 e. The van der Waals surface area contributed by atoms with E-state index < -0.39 is 11.7 Å². The van der Waals surface area contributed by atoms with Crippen LogP contribution in [0.5, 0.6) is 5.75 Å². The standard InChI is InChI=1S/C17H18F3N3O3S/c1-3-8-23-14(21-22-16(23)27-11-15(24)25-4-2)10-26-13-7-5-6-12(9-13)17(18,19)20/h3,5-7,9H,1,4,8,10-11H2,2H3. The summed E-state index contributed by atoms with van der Waals surface area (Å²) in [6, 6.07) is 4.59. The summed E-state index contributed by atoms with van der Waals surface area (Å²) in [5.41, 5.74) is -0.793. The molecule has 0 aliphatic rings. The van der Waals surface area contributed by atoms with Crippen LogP contribution < -0.4 is 4.74 Å². The molecular weight excluding hydrogens is 383 g/mol. The highest BCUT2D eigenvalue weighted by atomic mass is 32.2. The van der Waals surface area contributed by atoms with Crippen LogP contribution in [0.4, 0.5) is 13.2 Å². The number of rotatable bonds is 9. The summed E-state index contributed by atoms with van der Waals surface area (Å²) in [7, 11) is 0. The molecule has 146 valence electrons. The Balaban J connectivity index is 2.08. The van der Waals surface area contributed by atoms with Crippen LogP contribution in [-0.4, -0.2) is 33.1 Å². The molecule has 10 heteroatoms. The fourth-order valence-corrected chi connectivity index (χ4v) is 2.85. The van der Waals surface area contributed by atoms with Crippen LogP contribution in [0.2, 0.25) is 0 Å². The SMILES string of the molecule is C=CCn1c(COc2cccc(C(F)(F)F)c2)nnc1SCC(=O)OCC. The number of halogens is 3. The predicted octanol–water partition coefficient (Wildman–Crippen LogP) is 3.72. The quantitative estimate of drug-likeness (QED) is 0.363. The lowest BCUT2D eigenvalue weighted by Gasteiger charge is -2.11. The van der Waals surface area contributed by atoms with Gasteiger partial charge in [0, 0.05) is 6.54 Å². The van der Waals surface area contributed by atoms with Crippen LogP contribution in [0.3, 0.4) is 0 Å². The van der Waals surface area contributed by atoms with Gasteiger partial charge in [-0.1, -0.05) is 23.9 Å². The number of hydrogen-bond acceptors (Lipinski definition) is 6. The molecule has 2 aromatic rings. The van der Waals surface area contributed by atoms with Crippen LogP contribution in [-0.2, 0) is 28.9 Å². The lowest BCUT2D eigenvalue weighted by atomic mass is 10.2. The molecule has 0 bridgehead atoms. The molecule has 0 saturated carbocycles. The largest absolute Gasteiger partial charge is 0.486 e. The normalized spacial score (nSPS) is 11.3.